The van der Waals surface area contributed by atoms with Crippen LogP contribution in [-0.2, 0) is 9.59 Å². The lowest BCUT2D eigenvalue weighted by atomic mass is 9.70. The maximum Gasteiger partial charge on any atom is 0.217 e. The van der Waals surface area contributed by atoms with Gasteiger partial charge in [0.15, 0.2) is 0 Å². The quantitative estimate of drug-likeness (QED) is 0.834. The SMILES string of the molecule is CC(=O)N[C@H]1CC[C@@H](C[C@H]2CC[C@@H](NC(C)=O)[C@H](C)C2)C[C@H]1C. The van der Waals surface area contributed by atoms with Crippen LogP contribution in [0.5, 0.6) is 0 Å². The van der Waals surface area contributed by atoms with Gasteiger partial charge in [0.25, 0.3) is 0 Å². The van der Waals surface area contributed by atoms with Gasteiger partial charge in [-0.05, 0) is 68.6 Å². The number of hydrogen-bond donors (Lipinski definition) is 2. The fourth-order valence-corrected chi connectivity index (χ4v) is 4.87. The van der Waals surface area contributed by atoms with Gasteiger partial charge >= 0.3 is 0 Å². The van der Waals surface area contributed by atoms with E-state index < -0.39 is 0 Å². The lowest BCUT2D eigenvalue weighted by Gasteiger charge is -2.39. The van der Waals surface area contributed by atoms with Crippen LogP contribution >= 0.6 is 0 Å². The van der Waals surface area contributed by atoms with Crippen molar-refractivity contribution in [2.45, 2.75) is 84.7 Å². The summed E-state index contributed by atoms with van der Waals surface area (Å²) in [5, 5.41) is 6.22. The largest absolute Gasteiger partial charge is 0.353 e. The van der Waals surface area contributed by atoms with Crippen LogP contribution in [0.25, 0.3) is 0 Å². The molecule has 0 aromatic carbocycles. The number of carbonyl (C=O) groups excluding carboxylic acids is 2. The fourth-order valence-electron chi connectivity index (χ4n) is 4.87. The molecule has 2 fully saturated rings. The normalized spacial score (nSPS) is 37.9. The highest BCUT2D eigenvalue weighted by molar-refractivity contribution is 5.73. The molecule has 2 amide bonds. The zero-order valence-corrected chi connectivity index (χ0v) is 15.2. The molecule has 2 aliphatic carbocycles. The Bertz CT molecular complexity index is 386. The Hall–Kier alpha value is -1.06. The van der Waals surface area contributed by atoms with E-state index in [1.807, 2.05) is 0 Å². The van der Waals surface area contributed by atoms with Crippen molar-refractivity contribution in [3.8, 4) is 0 Å². The number of nitrogens with one attached hydrogen (secondary N) is 2. The molecule has 0 aliphatic heterocycles. The summed E-state index contributed by atoms with van der Waals surface area (Å²) in [6.45, 7) is 7.80. The van der Waals surface area contributed by atoms with Gasteiger partial charge in [0.1, 0.15) is 0 Å². The first-order valence-electron chi connectivity index (χ1n) is 9.39. The molecule has 2 rings (SSSR count). The minimum absolute atomic E-state index is 0.102. The molecule has 2 N–H and O–H groups in total. The van der Waals surface area contributed by atoms with Gasteiger partial charge in [0, 0.05) is 25.9 Å². The molecule has 0 unspecified atom stereocenters. The fraction of sp³-hybridized carbons (Fsp3) is 0.895. The number of amides is 2. The first kappa shape index (κ1) is 18.3. The number of hydrogen-bond acceptors (Lipinski definition) is 2. The van der Waals surface area contributed by atoms with Crippen molar-refractivity contribution in [1.29, 1.82) is 0 Å². The standard InChI is InChI=1S/C19H34N2O2/c1-12-9-16(5-7-18(12)20-14(3)22)11-17-6-8-19(13(2)10-17)21-15(4)23/h12-13,16-19H,5-11H2,1-4H3,(H,20,22)(H,21,23)/t12-,13-,16-,17+,18+,19-/m1/s1. The molecule has 132 valence electrons. The molecule has 0 aromatic heterocycles. The van der Waals surface area contributed by atoms with Crippen LogP contribution in [0.2, 0.25) is 0 Å². The Morgan fingerprint density at radius 3 is 1.48 bits per heavy atom. The summed E-state index contributed by atoms with van der Waals surface area (Å²) in [4.78, 5) is 22.5. The third-order valence-electron chi connectivity index (χ3n) is 6.00. The third kappa shape index (κ3) is 5.50. The van der Waals surface area contributed by atoms with E-state index in [0.717, 1.165) is 24.7 Å². The maximum absolute atomic E-state index is 11.3. The van der Waals surface area contributed by atoms with E-state index >= 15 is 0 Å². The second-order valence-electron chi connectivity index (χ2n) is 8.16. The van der Waals surface area contributed by atoms with E-state index in [9.17, 15) is 9.59 Å². The second kappa shape index (κ2) is 8.16. The Labute approximate surface area is 141 Å². The zero-order valence-electron chi connectivity index (χ0n) is 15.2. The Morgan fingerprint density at radius 1 is 0.783 bits per heavy atom. The van der Waals surface area contributed by atoms with E-state index in [-0.39, 0.29) is 11.8 Å². The molecule has 0 aromatic rings. The van der Waals surface area contributed by atoms with Gasteiger partial charge in [-0.3, -0.25) is 9.59 Å². The molecule has 0 saturated heterocycles. The van der Waals surface area contributed by atoms with Crippen LogP contribution in [-0.4, -0.2) is 23.9 Å². The average molecular weight is 322 g/mol. The van der Waals surface area contributed by atoms with Crippen molar-refractivity contribution in [3.63, 3.8) is 0 Å². The number of carbonyl (C=O) groups is 2. The smallest absolute Gasteiger partial charge is 0.217 e. The summed E-state index contributed by atoms with van der Waals surface area (Å²) in [6, 6.07) is 0.747. The van der Waals surface area contributed by atoms with Crippen LogP contribution in [0.1, 0.15) is 72.6 Å². The van der Waals surface area contributed by atoms with Crippen molar-refractivity contribution in [2.75, 3.05) is 0 Å². The van der Waals surface area contributed by atoms with Crippen LogP contribution in [0.4, 0.5) is 0 Å². The molecule has 4 heteroatoms. The van der Waals surface area contributed by atoms with Crippen LogP contribution < -0.4 is 10.6 Å². The van der Waals surface area contributed by atoms with E-state index in [1.165, 1.54) is 32.1 Å². The van der Waals surface area contributed by atoms with Crippen molar-refractivity contribution in [1.82, 2.24) is 10.6 Å². The van der Waals surface area contributed by atoms with Gasteiger partial charge in [-0.2, -0.15) is 0 Å². The molecule has 0 spiro atoms. The molecule has 2 saturated carbocycles. The molecule has 2 aliphatic rings. The first-order chi connectivity index (χ1) is 10.8. The van der Waals surface area contributed by atoms with Gasteiger partial charge in [-0.1, -0.05) is 13.8 Å². The van der Waals surface area contributed by atoms with Crippen LogP contribution in [0, 0.1) is 23.7 Å². The topological polar surface area (TPSA) is 58.2 Å². The van der Waals surface area contributed by atoms with Crippen molar-refractivity contribution < 1.29 is 9.59 Å². The second-order valence-corrected chi connectivity index (χ2v) is 8.16. The molecule has 4 nitrogen and oxygen atoms in total. The predicted octanol–water partition coefficient (Wildman–Crippen LogP) is 3.26. The van der Waals surface area contributed by atoms with Crippen LogP contribution in [0.15, 0.2) is 0 Å². The van der Waals surface area contributed by atoms with E-state index in [4.69, 9.17) is 0 Å². The zero-order chi connectivity index (χ0) is 17.0. The monoisotopic (exact) mass is 322 g/mol. The van der Waals surface area contributed by atoms with Gasteiger partial charge < -0.3 is 10.6 Å². The van der Waals surface area contributed by atoms with Gasteiger partial charge in [-0.15, -0.1) is 0 Å². The Kier molecular flexibility index (Phi) is 6.49. The summed E-state index contributed by atoms with van der Waals surface area (Å²) in [5.74, 6) is 3.00. The third-order valence-corrected chi connectivity index (χ3v) is 6.00. The van der Waals surface area contributed by atoms with E-state index in [0.29, 0.717) is 23.9 Å². The molecule has 0 heterocycles. The lowest BCUT2D eigenvalue weighted by Crippen LogP contribution is -2.43. The van der Waals surface area contributed by atoms with Crippen LogP contribution in [0.3, 0.4) is 0 Å². The van der Waals surface area contributed by atoms with Gasteiger partial charge in [0.05, 0.1) is 0 Å². The molecule has 0 bridgehead atoms. The van der Waals surface area contributed by atoms with Gasteiger partial charge in [-0.25, -0.2) is 0 Å². The predicted molar refractivity (Wildman–Crippen MR) is 92.8 cm³/mol. The Morgan fingerprint density at radius 2 is 1.17 bits per heavy atom. The highest BCUT2D eigenvalue weighted by atomic mass is 16.2. The minimum atomic E-state index is 0.102. The molecular weight excluding hydrogens is 288 g/mol. The number of rotatable bonds is 4. The average Bonchev–Trinajstić information content (AvgIpc) is 2.44. The van der Waals surface area contributed by atoms with Crippen molar-refractivity contribution >= 4 is 11.8 Å². The molecule has 6 atom stereocenters. The highest BCUT2D eigenvalue weighted by Crippen LogP contribution is 2.38. The molecule has 0 radical (unpaired) electrons. The molecular formula is C19H34N2O2. The summed E-state index contributed by atoms with van der Waals surface area (Å²) in [5.41, 5.74) is 0. The maximum atomic E-state index is 11.3. The summed E-state index contributed by atoms with van der Waals surface area (Å²) in [7, 11) is 0. The minimum Gasteiger partial charge on any atom is -0.353 e. The first-order valence-corrected chi connectivity index (χ1v) is 9.39. The highest BCUT2D eigenvalue weighted by Gasteiger charge is 2.33. The van der Waals surface area contributed by atoms with Gasteiger partial charge in [0.2, 0.25) is 11.8 Å². The van der Waals surface area contributed by atoms with Crippen molar-refractivity contribution in [2.24, 2.45) is 23.7 Å². The van der Waals surface area contributed by atoms with Crippen molar-refractivity contribution in [3.05, 3.63) is 0 Å². The Balaban J connectivity index is 1.76. The summed E-state index contributed by atoms with van der Waals surface area (Å²) < 4.78 is 0. The lowest BCUT2D eigenvalue weighted by molar-refractivity contribution is -0.121. The van der Waals surface area contributed by atoms with E-state index in [2.05, 4.69) is 24.5 Å². The van der Waals surface area contributed by atoms with E-state index in [1.54, 1.807) is 13.8 Å². The molecule has 23 heavy (non-hydrogen) atoms. The summed E-state index contributed by atoms with van der Waals surface area (Å²) >= 11 is 0. The summed E-state index contributed by atoms with van der Waals surface area (Å²) in [6.07, 6.45) is 8.55.